The molecule has 1 heterocycles. The number of aliphatic hydroxyl groups excluding tert-OH is 3. The summed E-state index contributed by atoms with van der Waals surface area (Å²) in [6.45, 7) is 0. The number of carbonyl (C=O) groups is 1. The van der Waals surface area contributed by atoms with E-state index in [4.69, 9.17) is 20.3 Å². The minimum Gasteiger partial charge on any atom is -0.479 e. The number of aliphatic hydroxyl groups is 3. The zero-order chi connectivity index (χ0) is 19.1. The molecule has 1 saturated carbocycles. The summed E-state index contributed by atoms with van der Waals surface area (Å²) in [5.74, 6) is -1.10. The van der Waals surface area contributed by atoms with Crippen molar-refractivity contribution in [1.82, 2.24) is 0 Å². The maximum atomic E-state index is 10.9. The first-order valence-electron chi connectivity index (χ1n) is 8.80. The van der Waals surface area contributed by atoms with Crippen molar-refractivity contribution in [2.45, 2.75) is 68.9 Å². The number of ether oxygens (including phenoxy) is 2. The summed E-state index contributed by atoms with van der Waals surface area (Å²) < 4.78 is 10.2. The predicted octanol–water partition coefficient (Wildman–Crippen LogP) is 0.235. The van der Waals surface area contributed by atoms with Gasteiger partial charge in [-0.1, -0.05) is 37.5 Å². The molecule has 5 atom stereocenters. The summed E-state index contributed by atoms with van der Waals surface area (Å²) in [5, 5.41) is 37.7. The fourth-order valence-corrected chi connectivity index (χ4v) is 2.92. The van der Waals surface area contributed by atoms with Crippen LogP contribution in [0.1, 0.15) is 32.1 Å². The fraction of sp³-hybridized carbons (Fsp3) is 0.611. The van der Waals surface area contributed by atoms with Gasteiger partial charge in [-0.3, -0.25) is 0 Å². The van der Waals surface area contributed by atoms with Crippen molar-refractivity contribution < 1.29 is 34.7 Å². The van der Waals surface area contributed by atoms with Gasteiger partial charge >= 0.3 is 5.97 Å². The van der Waals surface area contributed by atoms with Gasteiger partial charge in [-0.05, 0) is 25.0 Å². The SMILES string of the molecule is NC1CCCCC1.O=C(O)C1OC(Oc2ccccc2)C(O)C(O)C1O. The van der Waals surface area contributed by atoms with E-state index >= 15 is 0 Å². The summed E-state index contributed by atoms with van der Waals surface area (Å²) in [6, 6.07) is 8.83. The lowest BCUT2D eigenvalue weighted by atomic mass is 9.97. The van der Waals surface area contributed by atoms with Crippen LogP contribution in [-0.2, 0) is 9.53 Å². The minimum absolute atomic E-state index is 0.347. The number of rotatable bonds is 3. The Balaban J connectivity index is 0.000000290. The predicted molar refractivity (Wildman–Crippen MR) is 92.4 cm³/mol. The first-order valence-corrected chi connectivity index (χ1v) is 8.80. The van der Waals surface area contributed by atoms with Crippen molar-refractivity contribution in [2.75, 3.05) is 0 Å². The Bertz CT molecular complexity index is 550. The molecule has 1 saturated heterocycles. The van der Waals surface area contributed by atoms with Crippen LogP contribution in [0.4, 0.5) is 0 Å². The molecule has 1 aromatic rings. The normalized spacial score (nSPS) is 32.2. The lowest BCUT2D eigenvalue weighted by Crippen LogP contribution is -2.61. The minimum atomic E-state index is -1.72. The van der Waals surface area contributed by atoms with Crippen LogP contribution in [0, 0.1) is 0 Å². The second-order valence-corrected chi connectivity index (χ2v) is 6.56. The van der Waals surface area contributed by atoms with Crippen LogP contribution in [0.25, 0.3) is 0 Å². The van der Waals surface area contributed by atoms with Gasteiger partial charge in [0.05, 0.1) is 0 Å². The summed E-state index contributed by atoms with van der Waals surface area (Å²) in [7, 11) is 0. The quantitative estimate of drug-likeness (QED) is 0.510. The van der Waals surface area contributed by atoms with E-state index in [0.29, 0.717) is 11.8 Å². The lowest BCUT2D eigenvalue weighted by molar-refractivity contribution is -0.271. The van der Waals surface area contributed by atoms with Crippen LogP contribution >= 0.6 is 0 Å². The molecule has 8 nitrogen and oxygen atoms in total. The monoisotopic (exact) mass is 369 g/mol. The molecule has 3 rings (SSSR count). The average Bonchev–Trinajstić information content (AvgIpc) is 2.64. The van der Waals surface area contributed by atoms with Gasteiger partial charge in [0.15, 0.2) is 6.10 Å². The molecule has 0 spiro atoms. The highest BCUT2D eigenvalue weighted by Gasteiger charge is 2.48. The Morgan fingerprint density at radius 1 is 1.00 bits per heavy atom. The van der Waals surface area contributed by atoms with Crippen LogP contribution in [0.15, 0.2) is 30.3 Å². The number of carboxylic acid groups (broad SMARTS) is 1. The summed E-state index contributed by atoms with van der Waals surface area (Å²) in [5.41, 5.74) is 5.63. The van der Waals surface area contributed by atoms with Crippen LogP contribution in [0.3, 0.4) is 0 Å². The van der Waals surface area contributed by atoms with E-state index in [9.17, 15) is 20.1 Å². The summed E-state index contributed by atoms with van der Waals surface area (Å²) in [6.07, 6.45) is -1.30. The lowest BCUT2D eigenvalue weighted by Gasteiger charge is -2.38. The highest BCUT2D eigenvalue weighted by molar-refractivity contribution is 5.73. The highest BCUT2D eigenvalue weighted by atomic mass is 16.7. The maximum absolute atomic E-state index is 10.9. The van der Waals surface area contributed by atoms with E-state index in [1.165, 1.54) is 32.1 Å². The fourth-order valence-electron chi connectivity index (χ4n) is 2.92. The standard InChI is InChI=1S/C12H14O7.C6H13N/c13-7-8(14)10(11(16)17)19-12(9(7)15)18-6-4-2-1-3-5-6;7-6-4-2-1-3-5-6/h1-5,7-10,12-15H,(H,16,17);6H,1-5,7H2. The number of aliphatic carboxylic acids is 1. The van der Waals surface area contributed by atoms with Gasteiger partial charge in [0.1, 0.15) is 24.1 Å². The molecule has 5 unspecified atom stereocenters. The van der Waals surface area contributed by atoms with Gasteiger partial charge in [-0.25, -0.2) is 4.79 Å². The number of nitrogens with two attached hydrogens (primary N) is 1. The zero-order valence-electron chi connectivity index (χ0n) is 14.5. The van der Waals surface area contributed by atoms with Gasteiger partial charge < -0.3 is 35.6 Å². The largest absolute Gasteiger partial charge is 0.479 e. The molecule has 1 aliphatic carbocycles. The first-order chi connectivity index (χ1) is 12.4. The highest BCUT2D eigenvalue weighted by Crippen LogP contribution is 2.24. The Morgan fingerprint density at radius 3 is 2.12 bits per heavy atom. The number of hydrogen-bond donors (Lipinski definition) is 5. The van der Waals surface area contributed by atoms with Crippen LogP contribution in [0.2, 0.25) is 0 Å². The van der Waals surface area contributed by atoms with Gasteiger partial charge in [0.25, 0.3) is 0 Å². The molecule has 6 N–H and O–H groups in total. The van der Waals surface area contributed by atoms with Gasteiger partial charge in [0.2, 0.25) is 6.29 Å². The molecule has 2 fully saturated rings. The van der Waals surface area contributed by atoms with E-state index in [2.05, 4.69) is 0 Å². The van der Waals surface area contributed by atoms with Crippen molar-refractivity contribution in [3.05, 3.63) is 30.3 Å². The second-order valence-electron chi connectivity index (χ2n) is 6.56. The van der Waals surface area contributed by atoms with E-state index in [-0.39, 0.29) is 0 Å². The molecule has 0 aromatic heterocycles. The third-order valence-electron chi connectivity index (χ3n) is 4.46. The molecule has 0 bridgehead atoms. The average molecular weight is 369 g/mol. The number of hydrogen-bond acceptors (Lipinski definition) is 7. The second kappa shape index (κ2) is 9.84. The molecule has 0 radical (unpaired) electrons. The number of para-hydroxylation sites is 1. The van der Waals surface area contributed by atoms with E-state index in [0.717, 1.165) is 0 Å². The van der Waals surface area contributed by atoms with E-state index < -0.39 is 36.7 Å². The molecule has 146 valence electrons. The summed E-state index contributed by atoms with van der Waals surface area (Å²) in [4.78, 5) is 10.9. The third-order valence-corrected chi connectivity index (χ3v) is 4.46. The molecule has 26 heavy (non-hydrogen) atoms. The Hall–Kier alpha value is -1.71. The Kier molecular flexibility index (Phi) is 7.80. The van der Waals surface area contributed by atoms with Crippen molar-refractivity contribution in [1.29, 1.82) is 0 Å². The topological polar surface area (TPSA) is 142 Å². The Morgan fingerprint density at radius 2 is 1.62 bits per heavy atom. The van der Waals surface area contributed by atoms with Crippen molar-refractivity contribution in [3.8, 4) is 5.75 Å². The number of carboxylic acids is 1. The molecule has 2 aliphatic rings. The van der Waals surface area contributed by atoms with Crippen LogP contribution in [0.5, 0.6) is 5.75 Å². The molecule has 0 amide bonds. The van der Waals surface area contributed by atoms with Crippen molar-refractivity contribution >= 4 is 5.97 Å². The number of benzene rings is 1. The molecule has 1 aliphatic heterocycles. The molecular formula is C18H27NO7. The smallest absolute Gasteiger partial charge is 0.335 e. The van der Waals surface area contributed by atoms with Gasteiger partial charge in [-0.15, -0.1) is 0 Å². The zero-order valence-corrected chi connectivity index (χ0v) is 14.5. The van der Waals surface area contributed by atoms with Crippen molar-refractivity contribution in [3.63, 3.8) is 0 Å². The van der Waals surface area contributed by atoms with E-state index in [1.54, 1.807) is 30.3 Å². The maximum Gasteiger partial charge on any atom is 0.335 e. The molecule has 1 aromatic carbocycles. The summed E-state index contributed by atoms with van der Waals surface area (Å²) >= 11 is 0. The van der Waals surface area contributed by atoms with Crippen LogP contribution < -0.4 is 10.5 Å². The van der Waals surface area contributed by atoms with Crippen LogP contribution in [-0.4, -0.2) is 63.1 Å². The van der Waals surface area contributed by atoms with Gasteiger partial charge in [-0.2, -0.15) is 0 Å². The third kappa shape index (κ3) is 5.65. The Labute approximate surface area is 152 Å². The molecule has 8 heteroatoms. The van der Waals surface area contributed by atoms with Gasteiger partial charge in [0, 0.05) is 6.04 Å². The molecular weight excluding hydrogens is 342 g/mol. The first kappa shape index (κ1) is 20.6. The van der Waals surface area contributed by atoms with E-state index in [1.807, 2.05) is 0 Å². The van der Waals surface area contributed by atoms with Crippen molar-refractivity contribution in [2.24, 2.45) is 5.73 Å².